The van der Waals surface area contributed by atoms with Crippen LogP contribution in [0.4, 0.5) is 0 Å². The minimum atomic E-state index is -0.305. The van der Waals surface area contributed by atoms with Crippen LogP contribution in [0.3, 0.4) is 0 Å². The molecule has 1 aliphatic rings. The van der Waals surface area contributed by atoms with Gasteiger partial charge in [0.1, 0.15) is 0 Å². The van der Waals surface area contributed by atoms with Gasteiger partial charge in [0.25, 0.3) is 0 Å². The van der Waals surface area contributed by atoms with Crippen LogP contribution in [0.25, 0.3) is 5.69 Å². The number of hydrogen-bond acceptors (Lipinski definition) is 5. The van der Waals surface area contributed by atoms with Crippen molar-refractivity contribution in [3.8, 4) is 5.69 Å². The molecule has 0 saturated carbocycles. The van der Waals surface area contributed by atoms with Crippen LogP contribution in [0, 0.1) is 13.8 Å². The van der Waals surface area contributed by atoms with Crippen LogP contribution in [0.15, 0.2) is 47.6 Å². The maximum atomic E-state index is 12.9. The van der Waals surface area contributed by atoms with E-state index in [1.807, 2.05) is 19.1 Å². The summed E-state index contributed by atoms with van der Waals surface area (Å²) in [7, 11) is 0. The van der Waals surface area contributed by atoms with Crippen molar-refractivity contribution in [1.29, 1.82) is 0 Å². The Labute approximate surface area is 175 Å². The second-order valence-electron chi connectivity index (χ2n) is 7.55. The van der Waals surface area contributed by atoms with Crippen molar-refractivity contribution in [1.82, 2.24) is 25.5 Å². The minimum absolute atomic E-state index is 0.00587. The number of carbonyl (C=O) groups excluding carboxylic acids is 1. The lowest BCUT2D eigenvalue weighted by Crippen LogP contribution is -2.36. The smallest absolute Gasteiger partial charge is 0.233 e. The molecule has 150 valence electrons. The SMILES string of the molecule is Cc1ccc(-n2nnnc2S[C@@H](C)C(=O)N[C@H]2CCCc3ccccc32)cc1C. The summed E-state index contributed by atoms with van der Waals surface area (Å²) < 4.78 is 1.69. The summed E-state index contributed by atoms with van der Waals surface area (Å²) in [6.07, 6.45) is 3.15. The molecule has 6 nitrogen and oxygen atoms in total. The molecule has 0 bridgehead atoms. The van der Waals surface area contributed by atoms with E-state index in [1.165, 1.54) is 34.0 Å². The maximum absolute atomic E-state index is 12.9. The van der Waals surface area contributed by atoms with Crippen molar-refractivity contribution < 1.29 is 4.79 Å². The summed E-state index contributed by atoms with van der Waals surface area (Å²) in [5.41, 5.74) is 5.87. The van der Waals surface area contributed by atoms with Gasteiger partial charge in [-0.1, -0.05) is 42.1 Å². The van der Waals surface area contributed by atoms with Gasteiger partial charge in [-0.25, -0.2) is 0 Å². The third-order valence-electron chi connectivity index (χ3n) is 5.51. The Hall–Kier alpha value is -2.67. The number of aromatic nitrogens is 4. The number of nitrogens with one attached hydrogen (secondary N) is 1. The highest BCUT2D eigenvalue weighted by atomic mass is 32.2. The number of amides is 1. The molecule has 1 aromatic heterocycles. The molecule has 2 aromatic carbocycles. The maximum Gasteiger partial charge on any atom is 0.233 e. The van der Waals surface area contributed by atoms with Gasteiger partial charge in [-0.15, -0.1) is 5.10 Å². The Kier molecular flexibility index (Phi) is 5.67. The Morgan fingerprint density at radius 3 is 2.86 bits per heavy atom. The summed E-state index contributed by atoms with van der Waals surface area (Å²) >= 11 is 1.37. The van der Waals surface area contributed by atoms with Crippen LogP contribution >= 0.6 is 11.8 Å². The summed E-state index contributed by atoms with van der Waals surface area (Å²) in [5, 5.41) is 15.6. The zero-order valence-electron chi connectivity index (χ0n) is 16.9. The predicted molar refractivity (Wildman–Crippen MR) is 114 cm³/mol. The van der Waals surface area contributed by atoms with E-state index >= 15 is 0 Å². The van der Waals surface area contributed by atoms with Gasteiger partial charge in [-0.05, 0) is 84.8 Å². The van der Waals surface area contributed by atoms with E-state index in [9.17, 15) is 4.79 Å². The molecule has 0 radical (unpaired) electrons. The average molecular weight is 408 g/mol. The second kappa shape index (κ2) is 8.37. The largest absolute Gasteiger partial charge is 0.348 e. The molecule has 29 heavy (non-hydrogen) atoms. The normalized spacial score (nSPS) is 16.9. The first-order valence-electron chi connectivity index (χ1n) is 9.94. The highest BCUT2D eigenvalue weighted by molar-refractivity contribution is 8.00. The molecule has 0 aliphatic heterocycles. The molecular weight excluding hydrogens is 382 g/mol. The Balaban J connectivity index is 1.47. The minimum Gasteiger partial charge on any atom is -0.348 e. The molecule has 1 heterocycles. The number of benzene rings is 2. The molecule has 3 aromatic rings. The van der Waals surface area contributed by atoms with Crippen LogP contribution in [0.2, 0.25) is 0 Å². The van der Waals surface area contributed by atoms with Gasteiger partial charge < -0.3 is 5.32 Å². The number of fused-ring (bicyclic) bond motifs is 1. The highest BCUT2D eigenvalue weighted by Gasteiger charge is 2.25. The molecule has 1 amide bonds. The van der Waals surface area contributed by atoms with Crippen molar-refractivity contribution in [3.05, 3.63) is 64.7 Å². The molecule has 4 rings (SSSR count). The average Bonchev–Trinajstić information content (AvgIpc) is 3.18. The third-order valence-corrected chi connectivity index (χ3v) is 6.55. The first kappa shape index (κ1) is 19.6. The lowest BCUT2D eigenvalue weighted by Gasteiger charge is -2.27. The standard InChI is InChI=1S/C22H25N5OS/c1-14-11-12-18(13-15(14)2)27-22(24-25-26-27)29-16(3)21(28)23-20-10-6-8-17-7-4-5-9-19(17)20/h4-5,7,9,11-13,16,20H,6,8,10H2,1-3H3,(H,23,28)/t16-,20-/m0/s1. The van der Waals surface area contributed by atoms with Gasteiger partial charge in [-0.2, -0.15) is 4.68 Å². The first-order chi connectivity index (χ1) is 14.0. The van der Waals surface area contributed by atoms with Gasteiger partial charge in [0.05, 0.1) is 17.0 Å². The number of aryl methyl sites for hydroxylation is 3. The monoisotopic (exact) mass is 407 g/mol. The number of carbonyl (C=O) groups is 1. The van der Waals surface area contributed by atoms with E-state index in [0.29, 0.717) is 5.16 Å². The highest BCUT2D eigenvalue weighted by Crippen LogP contribution is 2.30. The molecule has 0 spiro atoms. The van der Waals surface area contributed by atoms with Crippen LogP contribution in [0.5, 0.6) is 0 Å². The number of thioether (sulfide) groups is 1. The first-order valence-corrected chi connectivity index (χ1v) is 10.8. The van der Waals surface area contributed by atoms with Crippen LogP contribution in [-0.2, 0) is 11.2 Å². The molecular formula is C22H25N5OS. The van der Waals surface area contributed by atoms with Crippen molar-refractivity contribution in [2.24, 2.45) is 0 Å². The summed E-state index contributed by atoms with van der Waals surface area (Å²) in [4.78, 5) is 12.9. The zero-order chi connectivity index (χ0) is 20.4. The molecule has 0 unspecified atom stereocenters. The third kappa shape index (κ3) is 4.19. The number of hydrogen-bond donors (Lipinski definition) is 1. The fraction of sp³-hybridized carbons (Fsp3) is 0.364. The molecule has 0 saturated heterocycles. The topological polar surface area (TPSA) is 72.7 Å². The van der Waals surface area contributed by atoms with Crippen molar-refractivity contribution in [2.45, 2.75) is 56.5 Å². The molecule has 2 atom stereocenters. The Morgan fingerprint density at radius 1 is 1.21 bits per heavy atom. The molecule has 1 N–H and O–H groups in total. The lowest BCUT2D eigenvalue weighted by molar-refractivity contribution is -0.121. The quantitative estimate of drug-likeness (QED) is 0.648. The van der Waals surface area contributed by atoms with Gasteiger partial charge >= 0.3 is 0 Å². The number of nitrogens with zero attached hydrogens (tertiary/aromatic N) is 4. The van der Waals surface area contributed by atoms with E-state index in [0.717, 1.165) is 24.9 Å². The van der Waals surface area contributed by atoms with Crippen LogP contribution < -0.4 is 5.32 Å². The molecule has 7 heteroatoms. The van der Waals surface area contributed by atoms with E-state index in [2.05, 4.69) is 65.0 Å². The van der Waals surface area contributed by atoms with E-state index in [1.54, 1.807) is 4.68 Å². The number of rotatable bonds is 5. The van der Waals surface area contributed by atoms with Crippen molar-refractivity contribution in [3.63, 3.8) is 0 Å². The van der Waals surface area contributed by atoms with Crippen LogP contribution in [0.1, 0.15) is 48.1 Å². The second-order valence-corrected chi connectivity index (χ2v) is 8.86. The Bertz CT molecular complexity index is 1030. The molecule has 0 fully saturated rings. The fourth-order valence-electron chi connectivity index (χ4n) is 3.68. The van der Waals surface area contributed by atoms with Gasteiger partial charge in [0, 0.05) is 0 Å². The summed E-state index contributed by atoms with van der Waals surface area (Å²) in [6.45, 7) is 6.03. The van der Waals surface area contributed by atoms with E-state index < -0.39 is 0 Å². The van der Waals surface area contributed by atoms with Gasteiger partial charge in [0.15, 0.2) is 0 Å². The van der Waals surface area contributed by atoms with Gasteiger partial charge in [-0.3, -0.25) is 4.79 Å². The van der Waals surface area contributed by atoms with Crippen molar-refractivity contribution in [2.75, 3.05) is 0 Å². The Morgan fingerprint density at radius 2 is 2.03 bits per heavy atom. The lowest BCUT2D eigenvalue weighted by atomic mass is 9.88. The van der Waals surface area contributed by atoms with E-state index in [4.69, 9.17) is 0 Å². The van der Waals surface area contributed by atoms with Crippen molar-refractivity contribution >= 4 is 17.7 Å². The summed E-state index contributed by atoms with van der Waals surface area (Å²) in [6, 6.07) is 14.6. The predicted octanol–water partition coefficient (Wildman–Crippen LogP) is 3.95. The fourth-order valence-corrected chi connectivity index (χ4v) is 4.49. The summed E-state index contributed by atoms with van der Waals surface area (Å²) in [5.74, 6) is 0.00587. The zero-order valence-corrected chi connectivity index (χ0v) is 17.7. The van der Waals surface area contributed by atoms with Gasteiger partial charge in [0.2, 0.25) is 11.1 Å². The van der Waals surface area contributed by atoms with Crippen LogP contribution in [-0.4, -0.2) is 31.4 Å². The van der Waals surface area contributed by atoms with E-state index in [-0.39, 0.29) is 17.2 Å². The number of tetrazole rings is 1. The molecule has 1 aliphatic carbocycles.